The molecule has 4 nitrogen and oxygen atoms in total. The quantitative estimate of drug-likeness (QED) is 0.490. The molecule has 1 rings (SSSR count). The molecule has 1 fully saturated rings. The molecule has 0 atom stereocenters. The number of ether oxygens (including phenoxy) is 1. The van der Waals surface area contributed by atoms with Gasteiger partial charge in [0.25, 0.3) is 0 Å². The van der Waals surface area contributed by atoms with Gasteiger partial charge in [0.1, 0.15) is 0 Å². The maximum atomic E-state index is 11.1. The molecule has 0 heterocycles. The highest BCUT2D eigenvalue weighted by atomic mass is 16.5. The predicted octanol–water partition coefficient (Wildman–Crippen LogP) is 2.00. The molecule has 0 aromatic heterocycles. The van der Waals surface area contributed by atoms with Crippen LogP contribution in [0.15, 0.2) is 0 Å². The zero-order chi connectivity index (χ0) is 13.3. The molecule has 0 spiro atoms. The fourth-order valence-electron chi connectivity index (χ4n) is 2.46. The largest absolute Gasteiger partial charge is 0.466 e. The van der Waals surface area contributed by atoms with E-state index >= 15 is 0 Å². The van der Waals surface area contributed by atoms with Gasteiger partial charge < -0.3 is 15.2 Å². The van der Waals surface area contributed by atoms with Crippen LogP contribution in [0, 0.1) is 0 Å². The summed E-state index contributed by atoms with van der Waals surface area (Å²) >= 11 is 0. The smallest absolute Gasteiger partial charge is 0.305 e. The van der Waals surface area contributed by atoms with E-state index in [1.807, 2.05) is 6.92 Å². The Balaban J connectivity index is 1.88. The summed E-state index contributed by atoms with van der Waals surface area (Å²) in [5.41, 5.74) is -0.453. The molecule has 18 heavy (non-hydrogen) atoms. The van der Waals surface area contributed by atoms with Crippen molar-refractivity contribution < 1.29 is 14.6 Å². The van der Waals surface area contributed by atoms with Crippen molar-refractivity contribution in [1.82, 2.24) is 5.32 Å². The van der Waals surface area contributed by atoms with Gasteiger partial charge in [0.05, 0.1) is 12.2 Å². The van der Waals surface area contributed by atoms with Gasteiger partial charge in [-0.05, 0) is 39.2 Å². The molecule has 1 aliphatic rings. The molecular formula is C14H27NO3. The van der Waals surface area contributed by atoms with E-state index in [1.165, 1.54) is 0 Å². The van der Waals surface area contributed by atoms with Gasteiger partial charge in [-0.2, -0.15) is 0 Å². The Morgan fingerprint density at radius 3 is 2.67 bits per heavy atom. The molecule has 106 valence electrons. The average molecular weight is 257 g/mol. The number of carbonyl (C=O) groups excluding carboxylic acids is 1. The zero-order valence-corrected chi connectivity index (χ0v) is 11.5. The molecule has 0 aliphatic heterocycles. The molecular weight excluding hydrogens is 230 g/mol. The van der Waals surface area contributed by atoms with Crippen molar-refractivity contribution in [3.63, 3.8) is 0 Å². The van der Waals surface area contributed by atoms with Crippen LogP contribution in [-0.2, 0) is 9.53 Å². The van der Waals surface area contributed by atoms with E-state index < -0.39 is 5.60 Å². The summed E-state index contributed by atoms with van der Waals surface area (Å²) in [6.45, 7) is 3.94. The highest BCUT2D eigenvalue weighted by molar-refractivity contribution is 5.69. The third kappa shape index (κ3) is 6.36. The number of nitrogens with one attached hydrogen (secondary N) is 1. The van der Waals surface area contributed by atoms with Crippen molar-refractivity contribution in [3.05, 3.63) is 0 Å². The summed E-state index contributed by atoms with van der Waals surface area (Å²) in [4.78, 5) is 11.1. The van der Waals surface area contributed by atoms with Gasteiger partial charge in [-0.25, -0.2) is 0 Å². The van der Waals surface area contributed by atoms with Gasteiger partial charge in [-0.15, -0.1) is 0 Å². The van der Waals surface area contributed by atoms with Crippen LogP contribution in [0.3, 0.4) is 0 Å². The monoisotopic (exact) mass is 257 g/mol. The first-order valence-corrected chi connectivity index (χ1v) is 7.25. The summed E-state index contributed by atoms with van der Waals surface area (Å²) in [6.07, 6.45) is 7.67. The van der Waals surface area contributed by atoms with E-state index in [2.05, 4.69) is 5.32 Å². The van der Waals surface area contributed by atoms with Gasteiger partial charge in [0, 0.05) is 13.0 Å². The lowest BCUT2D eigenvalue weighted by molar-refractivity contribution is -0.143. The first-order chi connectivity index (χ1) is 8.66. The SMILES string of the molecule is CCOC(=O)CCCCCNCC1(O)CCCC1. The second kappa shape index (κ2) is 8.48. The second-order valence-corrected chi connectivity index (χ2v) is 5.22. The number of hydrogen-bond acceptors (Lipinski definition) is 4. The van der Waals surface area contributed by atoms with E-state index in [1.54, 1.807) is 0 Å². The Kier molecular flexibility index (Phi) is 7.28. The highest BCUT2D eigenvalue weighted by Crippen LogP contribution is 2.28. The van der Waals surface area contributed by atoms with Crippen molar-refractivity contribution in [2.24, 2.45) is 0 Å². The predicted molar refractivity (Wildman–Crippen MR) is 71.4 cm³/mol. The fraction of sp³-hybridized carbons (Fsp3) is 0.929. The van der Waals surface area contributed by atoms with Crippen molar-refractivity contribution in [3.8, 4) is 0 Å². The number of carbonyl (C=O) groups is 1. The highest BCUT2D eigenvalue weighted by Gasteiger charge is 2.30. The Morgan fingerprint density at radius 1 is 1.28 bits per heavy atom. The number of unbranched alkanes of at least 4 members (excludes halogenated alkanes) is 2. The zero-order valence-electron chi connectivity index (χ0n) is 11.5. The van der Waals surface area contributed by atoms with E-state index in [9.17, 15) is 9.90 Å². The summed E-state index contributed by atoms with van der Waals surface area (Å²) in [7, 11) is 0. The first kappa shape index (κ1) is 15.4. The molecule has 0 saturated heterocycles. The Hall–Kier alpha value is -0.610. The standard InChI is InChI=1S/C14H27NO3/c1-2-18-13(16)8-4-3-7-11-15-12-14(17)9-5-6-10-14/h15,17H,2-12H2,1H3. The van der Waals surface area contributed by atoms with Crippen molar-refractivity contribution in [1.29, 1.82) is 0 Å². The molecule has 0 aromatic rings. The van der Waals surface area contributed by atoms with Crippen molar-refractivity contribution in [2.45, 2.75) is 63.9 Å². The summed E-state index contributed by atoms with van der Waals surface area (Å²) < 4.78 is 4.86. The van der Waals surface area contributed by atoms with Crippen LogP contribution >= 0.6 is 0 Å². The van der Waals surface area contributed by atoms with Gasteiger partial charge in [0.2, 0.25) is 0 Å². The van der Waals surface area contributed by atoms with Crippen LogP contribution in [0.25, 0.3) is 0 Å². The Morgan fingerprint density at radius 2 is 2.00 bits per heavy atom. The summed E-state index contributed by atoms with van der Waals surface area (Å²) in [5.74, 6) is -0.0919. The second-order valence-electron chi connectivity index (χ2n) is 5.22. The summed E-state index contributed by atoms with van der Waals surface area (Å²) in [5, 5.41) is 13.4. The van der Waals surface area contributed by atoms with Crippen molar-refractivity contribution >= 4 is 5.97 Å². The first-order valence-electron chi connectivity index (χ1n) is 7.25. The molecule has 0 amide bonds. The van der Waals surface area contributed by atoms with Gasteiger partial charge in [-0.3, -0.25) is 4.79 Å². The normalized spacial score (nSPS) is 17.9. The molecule has 0 aromatic carbocycles. The molecule has 0 unspecified atom stereocenters. The van der Waals surface area contributed by atoms with E-state index in [0.29, 0.717) is 19.6 Å². The lowest BCUT2D eigenvalue weighted by Crippen LogP contribution is -2.38. The van der Waals surface area contributed by atoms with Gasteiger partial charge in [-0.1, -0.05) is 19.3 Å². The molecule has 0 radical (unpaired) electrons. The molecule has 1 saturated carbocycles. The average Bonchev–Trinajstić information content (AvgIpc) is 2.75. The maximum absolute atomic E-state index is 11.1. The molecule has 4 heteroatoms. The van der Waals surface area contributed by atoms with E-state index in [-0.39, 0.29) is 5.97 Å². The van der Waals surface area contributed by atoms with E-state index in [0.717, 1.165) is 51.5 Å². The minimum Gasteiger partial charge on any atom is -0.466 e. The fourth-order valence-corrected chi connectivity index (χ4v) is 2.46. The third-order valence-corrected chi connectivity index (χ3v) is 3.53. The number of aliphatic hydroxyl groups is 1. The number of hydrogen-bond donors (Lipinski definition) is 2. The molecule has 2 N–H and O–H groups in total. The lowest BCUT2D eigenvalue weighted by Gasteiger charge is -2.22. The van der Waals surface area contributed by atoms with Crippen molar-refractivity contribution in [2.75, 3.05) is 19.7 Å². The topological polar surface area (TPSA) is 58.6 Å². The van der Waals surface area contributed by atoms with Crippen LogP contribution < -0.4 is 5.32 Å². The maximum Gasteiger partial charge on any atom is 0.305 e. The Labute approximate surface area is 110 Å². The van der Waals surface area contributed by atoms with Crippen LogP contribution in [0.5, 0.6) is 0 Å². The van der Waals surface area contributed by atoms with Crippen LogP contribution in [0.4, 0.5) is 0 Å². The lowest BCUT2D eigenvalue weighted by atomic mass is 10.0. The number of rotatable bonds is 9. The Bertz CT molecular complexity index is 237. The number of esters is 1. The molecule has 0 bridgehead atoms. The summed E-state index contributed by atoms with van der Waals surface area (Å²) in [6, 6.07) is 0. The van der Waals surface area contributed by atoms with E-state index in [4.69, 9.17) is 4.74 Å². The van der Waals surface area contributed by atoms with Gasteiger partial charge >= 0.3 is 5.97 Å². The van der Waals surface area contributed by atoms with Crippen LogP contribution in [-0.4, -0.2) is 36.4 Å². The minimum atomic E-state index is -0.453. The molecule has 1 aliphatic carbocycles. The van der Waals surface area contributed by atoms with Crippen LogP contribution in [0.2, 0.25) is 0 Å². The minimum absolute atomic E-state index is 0.0919. The van der Waals surface area contributed by atoms with Gasteiger partial charge in [0.15, 0.2) is 0 Å². The van der Waals surface area contributed by atoms with Crippen LogP contribution in [0.1, 0.15) is 58.3 Å². The third-order valence-electron chi connectivity index (χ3n) is 3.53.